The highest BCUT2D eigenvalue weighted by atomic mass is 35.5. The zero-order valence-electron chi connectivity index (χ0n) is 12.5. The number of allylic oxidation sites excluding steroid dienone is 1. The van der Waals surface area contributed by atoms with Gasteiger partial charge in [-0.25, -0.2) is 4.98 Å². The molecule has 0 aliphatic carbocycles. The average molecular weight is 309 g/mol. The van der Waals surface area contributed by atoms with Crippen LogP contribution in [0.15, 0.2) is 60.7 Å². The second-order valence-corrected chi connectivity index (χ2v) is 5.82. The van der Waals surface area contributed by atoms with Crippen molar-refractivity contribution in [2.24, 2.45) is 0 Å². The van der Waals surface area contributed by atoms with Gasteiger partial charge in [0, 0.05) is 11.6 Å². The van der Waals surface area contributed by atoms with Gasteiger partial charge >= 0.3 is 0 Å². The van der Waals surface area contributed by atoms with E-state index in [-0.39, 0.29) is 0 Å². The summed E-state index contributed by atoms with van der Waals surface area (Å²) in [7, 11) is 0. The molecule has 0 spiro atoms. The summed E-state index contributed by atoms with van der Waals surface area (Å²) in [5, 5.41) is 0.742. The minimum Gasteiger partial charge on any atom is -0.320 e. The van der Waals surface area contributed by atoms with Crippen molar-refractivity contribution in [2.75, 3.05) is 0 Å². The zero-order chi connectivity index (χ0) is 15.5. The SMILES string of the molecule is C=C(C)Cn1c(/C=C/c2ccc(Cl)cc2)nc2ccccc21. The van der Waals surface area contributed by atoms with E-state index in [0.717, 1.165) is 39.6 Å². The maximum Gasteiger partial charge on any atom is 0.134 e. The van der Waals surface area contributed by atoms with Gasteiger partial charge in [-0.2, -0.15) is 0 Å². The van der Waals surface area contributed by atoms with Crippen molar-refractivity contribution in [1.29, 1.82) is 0 Å². The van der Waals surface area contributed by atoms with E-state index in [2.05, 4.69) is 17.2 Å². The number of benzene rings is 2. The molecule has 0 aliphatic heterocycles. The molecule has 3 aromatic rings. The predicted octanol–water partition coefficient (Wildman–Crippen LogP) is 5.44. The molecule has 22 heavy (non-hydrogen) atoms. The van der Waals surface area contributed by atoms with Gasteiger partial charge in [0.15, 0.2) is 0 Å². The van der Waals surface area contributed by atoms with Gasteiger partial charge in [0.2, 0.25) is 0 Å². The first-order chi connectivity index (χ1) is 10.6. The van der Waals surface area contributed by atoms with E-state index in [9.17, 15) is 0 Å². The Morgan fingerprint density at radius 2 is 1.86 bits per heavy atom. The van der Waals surface area contributed by atoms with E-state index in [1.807, 2.05) is 61.5 Å². The average Bonchev–Trinajstić information content (AvgIpc) is 2.84. The quantitative estimate of drug-likeness (QED) is 0.587. The molecule has 0 bridgehead atoms. The molecule has 0 N–H and O–H groups in total. The fourth-order valence-electron chi connectivity index (χ4n) is 2.40. The van der Waals surface area contributed by atoms with Crippen LogP contribution in [-0.4, -0.2) is 9.55 Å². The second kappa shape index (κ2) is 6.20. The maximum absolute atomic E-state index is 5.91. The van der Waals surface area contributed by atoms with Crippen molar-refractivity contribution >= 4 is 34.8 Å². The molecule has 0 saturated carbocycles. The van der Waals surface area contributed by atoms with Gasteiger partial charge in [0.1, 0.15) is 5.82 Å². The van der Waals surface area contributed by atoms with E-state index in [4.69, 9.17) is 16.6 Å². The summed E-state index contributed by atoms with van der Waals surface area (Å²) >= 11 is 5.91. The number of rotatable bonds is 4. The van der Waals surface area contributed by atoms with Crippen LogP contribution in [0.3, 0.4) is 0 Å². The predicted molar refractivity (Wildman–Crippen MR) is 94.9 cm³/mol. The summed E-state index contributed by atoms with van der Waals surface area (Å²) in [6.07, 6.45) is 4.08. The number of halogens is 1. The van der Waals surface area contributed by atoms with Crippen molar-refractivity contribution in [3.05, 3.63) is 77.1 Å². The summed E-state index contributed by atoms with van der Waals surface area (Å²) in [6.45, 7) is 6.81. The summed E-state index contributed by atoms with van der Waals surface area (Å²) < 4.78 is 2.18. The lowest BCUT2D eigenvalue weighted by molar-refractivity contribution is 0.801. The number of nitrogens with zero attached hydrogens (tertiary/aromatic N) is 2. The third-order valence-corrected chi connectivity index (χ3v) is 3.66. The molecule has 110 valence electrons. The highest BCUT2D eigenvalue weighted by molar-refractivity contribution is 6.30. The van der Waals surface area contributed by atoms with E-state index in [1.165, 1.54) is 0 Å². The molecule has 2 nitrogen and oxygen atoms in total. The van der Waals surface area contributed by atoms with Crippen molar-refractivity contribution in [3.8, 4) is 0 Å². The smallest absolute Gasteiger partial charge is 0.134 e. The molecule has 0 radical (unpaired) electrons. The molecule has 1 aromatic heterocycles. The Hall–Kier alpha value is -2.32. The molecule has 3 rings (SSSR count). The Morgan fingerprint density at radius 1 is 1.14 bits per heavy atom. The Balaban J connectivity index is 2.01. The lowest BCUT2D eigenvalue weighted by atomic mass is 10.2. The highest BCUT2D eigenvalue weighted by Gasteiger charge is 2.07. The Kier molecular flexibility index (Phi) is 4.12. The highest BCUT2D eigenvalue weighted by Crippen LogP contribution is 2.19. The molecule has 0 unspecified atom stereocenters. The second-order valence-electron chi connectivity index (χ2n) is 5.39. The third kappa shape index (κ3) is 3.12. The number of hydrogen-bond donors (Lipinski definition) is 0. The largest absolute Gasteiger partial charge is 0.320 e. The molecule has 0 aliphatic rings. The standard InChI is InChI=1S/C19H17ClN2/c1-14(2)13-22-18-6-4-3-5-17(18)21-19(22)12-9-15-7-10-16(20)11-8-15/h3-12H,1,13H2,2H3/b12-9+. The minimum atomic E-state index is 0.742. The zero-order valence-corrected chi connectivity index (χ0v) is 13.2. The van der Waals surface area contributed by atoms with Gasteiger partial charge < -0.3 is 4.57 Å². The molecule has 3 heteroatoms. The van der Waals surface area contributed by atoms with Crippen molar-refractivity contribution in [1.82, 2.24) is 9.55 Å². The number of aromatic nitrogens is 2. The van der Waals surface area contributed by atoms with Crippen LogP contribution < -0.4 is 0 Å². The third-order valence-electron chi connectivity index (χ3n) is 3.41. The Labute approximate surface area is 135 Å². The fourth-order valence-corrected chi connectivity index (χ4v) is 2.53. The van der Waals surface area contributed by atoms with Crippen molar-refractivity contribution in [3.63, 3.8) is 0 Å². The number of hydrogen-bond acceptors (Lipinski definition) is 1. The van der Waals surface area contributed by atoms with Gasteiger partial charge in [-0.3, -0.25) is 0 Å². The first-order valence-corrected chi connectivity index (χ1v) is 7.54. The number of imidazole rings is 1. The molecule has 0 fully saturated rings. The molecular weight excluding hydrogens is 292 g/mol. The van der Waals surface area contributed by atoms with Gasteiger partial charge in [-0.1, -0.05) is 54.1 Å². The summed E-state index contributed by atoms with van der Waals surface area (Å²) in [5.41, 5.74) is 4.32. The molecule has 0 amide bonds. The van der Waals surface area contributed by atoms with Crippen molar-refractivity contribution < 1.29 is 0 Å². The van der Waals surface area contributed by atoms with E-state index in [1.54, 1.807) is 0 Å². The van der Waals surface area contributed by atoms with Gasteiger partial charge in [-0.05, 0) is 42.8 Å². The van der Waals surface area contributed by atoms with Gasteiger partial charge in [0.25, 0.3) is 0 Å². The normalized spacial score (nSPS) is 11.4. The lowest BCUT2D eigenvalue weighted by Gasteiger charge is -2.06. The van der Waals surface area contributed by atoms with Crippen LogP contribution >= 0.6 is 11.6 Å². The molecule has 0 atom stereocenters. The number of para-hydroxylation sites is 2. The Morgan fingerprint density at radius 3 is 2.59 bits per heavy atom. The molecule has 2 aromatic carbocycles. The van der Waals surface area contributed by atoms with Gasteiger partial charge in [0.05, 0.1) is 11.0 Å². The Bertz CT molecular complexity index is 842. The van der Waals surface area contributed by atoms with Gasteiger partial charge in [-0.15, -0.1) is 0 Å². The van der Waals surface area contributed by atoms with Crippen LogP contribution in [0.5, 0.6) is 0 Å². The first-order valence-electron chi connectivity index (χ1n) is 7.17. The molecular formula is C19H17ClN2. The van der Waals surface area contributed by atoms with Crippen molar-refractivity contribution in [2.45, 2.75) is 13.5 Å². The number of fused-ring (bicyclic) bond motifs is 1. The minimum absolute atomic E-state index is 0.742. The van der Waals surface area contributed by atoms with Crippen LogP contribution in [0.25, 0.3) is 23.2 Å². The monoisotopic (exact) mass is 308 g/mol. The van der Waals surface area contributed by atoms with Crippen LogP contribution in [-0.2, 0) is 6.54 Å². The fraction of sp³-hybridized carbons (Fsp3) is 0.105. The first kappa shape index (κ1) is 14.6. The van der Waals surface area contributed by atoms with E-state index >= 15 is 0 Å². The maximum atomic E-state index is 5.91. The topological polar surface area (TPSA) is 17.8 Å². The summed E-state index contributed by atoms with van der Waals surface area (Å²) in [5.74, 6) is 0.930. The molecule has 1 heterocycles. The molecule has 0 saturated heterocycles. The van der Waals surface area contributed by atoms with Crippen LogP contribution in [0, 0.1) is 0 Å². The van der Waals surface area contributed by atoms with Crippen LogP contribution in [0.4, 0.5) is 0 Å². The van der Waals surface area contributed by atoms with Crippen LogP contribution in [0.1, 0.15) is 18.3 Å². The lowest BCUT2D eigenvalue weighted by Crippen LogP contribution is -2.00. The summed E-state index contributed by atoms with van der Waals surface area (Å²) in [4.78, 5) is 4.71. The summed E-state index contributed by atoms with van der Waals surface area (Å²) in [6, 6.07) is 15.9. The van der Waals surface area contributed by atoms with E-state index in [0.29, 0.717) is 0 Å². The van der Waals surface area contributed by atoms with Crippen LogP contribution in [0.2, 0.25) is 5.02 Å². The van der Waals surface area contributed by atoms with E-state index < -0.39 is 0 Å².